The van der Waals surface area contributed by atoms with Gasteiger partial charge in [-0.2, -0.15) is 0 Å². The second-order valence-corrected chi connectivity index (χ2v) is 7.97. The first kappa shape index (κ1) is 18.2. The van der Waals surface area contributed by atoms with Crippen molar-refractivity contribution >= 4 is 45.2 Å². The largest absolute Gasteiger partial charge is 0.466 e. The molecule has 1 aromatic heterocycles. The number of anilines is 1. The van der Waals surface area contributed by atoms with Crippen molar-refractivity contribution in [2.24, 2.45) is 10.9 Å². The Bertz CT molecular complexity index is 964. The first-order valence-electron chi connectivity index (χ1n) is 8.59. The zero-order valence-corrected chi connectivity index (χ0v) is 16.1. The SMILES string of the molecule is CCOC(=O)C1Cc2sc3c(c2C1)C(c1c(F)cccc1F)=NCC(=S)N3. The second kappa shape index (κ2) is 7.09. The molecule has 0 amide bonds. The Morgan fingerprint density at radius 2 is 2.07 bits per heavy atom. The third-order valence-corrected chi connectivity index (χ3v) is 6.06. The Balaban J connectivity index is 1.83. The van der Waals surface area contributed by atoms with Crippen molar-refractivity contribution in [2.45, 2.75) is 19.8 Å². The summed E-state index contributed by atoms with van der Waals surface area (Å²) in [5.41, 5.74) is 1.62. The summed E-state index contributed by atoms with van der Waals surface area (Å²) in [7, 11) is 0. The molecule has 2 heterocycles. The fraction of sp³-hybridized carbons (Fsp3) is 0.316. The van der Waals surface area contributed by atoms with Gasteiger partial charge in [0.25, 0.3) is 0 Å². The van der Waals surface area contributed by atoms with E-state index in [0.717, 1.165) is 15.4 Å². The maximum Gasteiger partial charge on any atom is 0.309 e. The molecule has 1 N–H and O–H groups in total. The van der Waals surface area contributed by atoms with Crippen LogP contribution in [-0.4, -0.2) is 29.8 Å². The molecule has 8 heteroatoms. The van der Waals surface area contributed by atoms with Crippen molar-refractivity contribution in [2.75, 3.05) is 18.5 Å². The van der Waals surface area contributed by atoms with Crippen molar-refractivity contribution < 1.29 is 18.3 Å². The Hall–Kier alpha value is -2.19. The van der Waals surface area contributed by atoms with Crippen LogP contribution in [0.25, 0.3) is 0 Å². The van der Waals surface area contributed by atoms with Gasteiger partial charge >= 0.3 is 5.97 Å². The van der Waals surface area contributed by atoms with E-state index >= 15 is 0 Å². The monoisotopic (exact) mass is 406 g/mol. The molecule has 2 aromatic rings. The Labute approximate surface area is 164 Å². The molecule has 140 valence electrons. The van der Waals surface area contributed by atoms with Gasteiger partial charge in [-0.3, -0.25) is 9.79 Å². The lowest BCUT2D eigenvalue weighted by molar-refractivity contribution is -0.147. The third kappa shape index (κ3) is 3.17. The van der Waals surface area contributed by atoms with Crippen LogP contribution in [0.15, 0.2) is 23.2 Å². The maximum absolute atomic E-state index is 14.5. The summed E-state index contributed by atoms with van der Waals surface area (Å²) in [6, 6.07) is 3.75. The molecule has 1 unspecified atom stereocenters. The molecule has 1 aliphatic carbocycles. The number of ether oxygens (including phenoxy) is 1. The van der Waals surface area contributed by atoms with Gasteiger partial charge in [-0.15, -0.1) is 11.3 Å². The average molecular weight is 406 g/mol. The summed E-state index contributed by atoms with van der Waals surface area (Å²) in [5.74, 6) is -1.87. The maximum atomic E-state index is 14.5. The normalized spacial score (nSPS) is 18.3. The number of carbonyl (C=O) groups excluding carboxylic acids is 1. The van der Waals surface area contributed by atoms with E-state index in [9.17, 15) is 13.6 Å². The Morgan fingerprint density at radius 1 is 1.33 bits per heavy atom. The lowest BCUT2D eigenvalue weighted by Crippen LogP contribution is -2.18. The second-order valence-electron chi connectivity index (χ2n) is 6.37. The number of thiocarbonyl (C=S) groups is 1. The topological polar surface area (TPSA) is 50.7 Å². The van der Waals surface area contributed by atoms with E-state index in [1.165, 1.54) is 29.5 Å². The highest BCUT2D eigenvalue weighted by Gasteiger charge is 2.36. The van der Waals surface area contributed by atoms with Crippen LogP contribution in [-0.2, 0) is 22.4 Å². The minimum Gasteiger partial charge on any atom is -0.466 e. The van der Waals surface area contributed by atoms with E-state index in [2.05, 4.69) is 10.3 Å². The van der Waals surface area contributed by atoms with Crippen molar-refractivity contribution in [1.82, 2.24) is 0 Å². The number of hydrogen-bond acceptors (Lipinski definition) is 5. The quantitative estimate of drug-likeness (QED) is 0.621. The first-order chi connectivity index (χ1) is 13.0. The van der Waals surface area contributed by atoms with Gasteiger partial charge in [0.2, 0.25) is 0 Å². The van der Waals surface area contributed by atoms with E-state index in [-0.39, 0.29) is 29.7 Å². The number of benzene rings is 1. The highest BCUT2D eigenvalue weighted by atomic mass is 32.1. The molecule has 1 atom stereocenters. The van der Waals surface area contributed by atoms with E-state index in [4.69, 9.17) is 17.0 Å². The van der Waals surface area contributed by atoms with Crippen LogP contribution in [0.2, 0.25) is 0 Å². The first-order valence-corrected chi connectivity index (χ1v) is 9.82. The van der Waals surface area contributed by atoms with Crippen molar-refractivity contribution in [3.63, 3.8) is 0 Å². The van der Waals surface area contributed by atoms with Crippen LogP contribution >= 0.6 is 23.6 Å². The minimum atomic E-state index is -0.674. The molecular formula is C19H16F2N2O2S2. The van der Waals surface area contributed by atoms with Gasteiger partial charge in [0, 0.05) is 10.4 Å². The van der Waals surface area contributed by atoms with Gasteiger partial charge in [0.1, 0.15) is 21.6 Å². The number of carbonyl (C=O) groups is 1. The van der Waals surface area contributed by atoms with Gasteiger partial charge in [-0.05, 0) is 37.5 Å². The summed E-state index contributed by atoms with van der Waals surface area (Å²) in [4.78, 5) is 18.1. The number of nitrogens with zero attached hydrogens (tertiary/aromatic N) is 1. The highest BCUT2D eigenvalue weighted by Crippen LogP contribution is 2.43. The molecule has 4 rings (SSSR count). The zero-order chi connectivity index (χ0) is 19.1. The van der Waals surface area contributed by atoms with Gasteiger partial charge in [0.05, 0.1) is 30.3 Å². The zero-order valence-electron chi connectivity index (χ0n) is 14.5. The van der Waals surface area contributed by atoms with Gasteiger partial charge < -0.3 is 10.1 Å². The molecule has 1 aliphatic heterocycles. The van der Waals surface area contributed by atoms with Crippen LogP contribution in [0.4, 0.5) is 13.8 Å². The van der Waals surface area contributed by atoms with Crippen molar-refractivity contribution in [3.05, 3.63) is 51.4 Å². The fourth-order valence-corrected chi connectivity index (χ4v) is 5.09. The standard InChI is InChI=1S/C19H16F2N2O2S2/c1-2-25-19(24)9-6-10-13(7-9)27-18-15(10)17(22-8-14(26)23-18)16-11(20)4-3-5-12(16)21/h3-5,9H,2,6-8H2,1H3,(H,23,26). The van der Waals surface area contributed by atoms with E-state index in [1.54, 1.807) is 6.92 Å². The number of hydrogen-bond donors (Lipinski definition) is 1. The van der Waals surface area contributed by atoms with E-state index in [1.807, 2.05) is 0 Å². The molecule has 0 spiro atoms. The summed E-state index contributed by atoms with van der Waals surface area (Å²) in [6.07, 6.45) is 1.01. The molecule has 1 aromatic carbocycles. The van der Waals surface area contributed by atoms with Gasteiger partial charge in [-0.25, -0.2) is 8.78 Å². The van der Waals surface area contributed by atoms with E-state index in [0.29, 0.717) is 30.0 Å². The number of thiophene rings is 1. The van der Waals surface area contributed by atoms with Crippen molar-refractivity contribution in [1.29, 1.82) is 0 Å². The Morgan fingerprint density at radius 3 is 2.78 bits per heavy atom. The average Bonchev–Trinajstić information content (AvgIpc) is 3.11. The van der Waals surface area contributed by atoms with Crippen LogP contribution < -0.4 is 5.32 Å². The molecule has 0 saturated carbocycles. The number of nitrogens with one attached hydrogen (secondary N) is 1. The van der Waals surface area contributed by atoms with Gasteiger partial charge in [0.15, 0.2) is 0 Å². The van der Waals surface area contributed by atoms with Crippen LogP contribution in [0, 0.1) is 17.6 Å². The molecule has 0 fully saturated rings. The highest BCUT2D eigenvalue weighted by molar-refractivity contribution is 7.80. The van der Waals surface area contributed by atoms with Gasteiger partial charge in [-0.1, -0.05) is 18.3 Å². The number of fused-ring (bicyclic) bond motifs is 3. The Kier molecular flexibility index (Phi) is 4.77. The summed E-state index contributed by atoms with van der Waals surface area (Å²) in [5, 5.41) is 3.86. The molecule has 27 heavy (non-hydrogen) atoms. The molecule has 0 bridgehead atoms. The summed E-state index contributed by atoms with van der Waals surface area (Å²) < 4.78 is 34.1. The molecule has 0 saturated heterocycles. The fourth-order valence-electron chi connectivity index (χ4n) is 3.52. The van der Waals surface area contributed by atoms with Crippen LogP contribution in [0.1, 0.15) is 28.5 Å². The van der Waals surface area contributed by atoms with Crippen LogP contribution in [0.5, 0.6) is 0 Å². The minimum absolute atomic E-state index is 0.149. The predicted octanol–water partition coefficient (Wildman–Crippen LogP) is 3.89. The smallest absolute Gasteiger partial charge is 0.309 e. The number of halogens is 2. The van der Waals surface area contributed by atoms with Crippen molar-refractivity contribution in [3.8, 4) is 0 Å². The lowest BCUT2D eigenvalue weighted by atomic mass is 9.97. The molecular weight excluding hydrogens is 390 g/mol. The molecule has 4 nitrogen and oxygen atoms in total. The summed E-state index contributed by atoms with van der Waals surface area (Å²) >= 11 is 6.73. The number of esters is 1. The third-order valence-electron chi connectivity index (χ3n) is 4.66. The predicted molar refractivity (Wildman–Crippen MR) is 105 cm³/mol. The number of rotatable bonds is 3. The molecule has 0 radical (unpaired) electrons. The van der Waals surface area contributed by atoms with E-state index < -0.39 is 11.6 Å². The summed E-state index contributed by atoms with van der Waals surface area (Å²) in [6.45, 7) is 2.24. The molecule has 2 aliphatic rings. The lowest BCUT2D eigenvalue weighted by Gasteiger charge is -2.12. The number of aliphatic imine (C=N–C) groups is 1. The van der Waals surface area contributed by atoms with Crippen LogP contribution in [0.3, 0.4) is 0 Å².